The Kier molecular flexibility index (Phi) is 3.56. The number of primary amides is 1. The number of nitrogens with zero attached hydrogens (tertiary/aromatic N) is 2. The van der Waals surface area contributed by atoms with Gasteiger partial charge in [0.15, 0.2) is 0 Å². The minimum absolute atomic E-state index is 0.0574. The summed E-state index contributed by atoms with van der Waals surface area (Å²) in [5.41, 5.74) is 5.82. The van der Waals surface area contributed by atoms with Crippen molar-refractivity contribution in [3.8, 4) is 11.8 Å². The van der Waals surface area contributed by atoms with Gasteiger partial charge < -0.3 is 5.73 Å². The molecule has 1 amide bonds. The van der Waals surface area contributed by atoms with Crippen molar-refractivity contribution in [1.29, 1.82) is 0 Å². The molecule has 1 aromatic rings. The van der Waals surface area contributed by atoms with E-state index in [1.807, 2.05) is 0 Å². The van der Waals surface area contributed by atoms with Crippen LogP contribution in [0, 0.1) is 28.9 Å². The van der Waals surface area contributed by atoms with Crippen LogP contribution in [0.2, 0.25) is 0 Å². The van der Waals surface area contributed by atoms with E-state index in [1.165, 1.54) is 6.07 Å². The minimum atomic E-state index is -0.527. The van der Waals surface area contributed by atoms with Crippen molar-refractivity contribution in [3.63, 3.8) is 0 Å². The lowest BCUT2D eigenvalue weighted by Gasteiger charge is -1.96. The van der Waals surface area contributed by atoms with E-state index >= 15 is 0 Å². The maximum Gasteiger partial charge on any atom is 0.287 e. The van der Waals surface area contributed by atoms with Crippen LogP contribution >= 0.6 is 0 Å². The molecule has 0 radical (unpaired) electrons. The number of carbonyl (C=O) groups is 1. The van der Waals surface area contributed by atoms with Gasteiger partial charge in [0.2, 0.25) is 5.91 Å². The van der Waals surface area contributed by atoms with E-state index in [9.17, 15) is 14.9 Å². The van der Waals surface area contributed by atoms with E-state index in [4.69, 9.17) is 5.73 Å². The first-order chi connectivity index (χ1) is 7.50. The normalized spacial score (nSPS) is 9.06. The summed E-state index contributed by atoms with van der Waals surface area (Å²) in [6.45, 7) is 1.66. The van der Waals surface area contributed by atoms with Gasteiger partial charge >= 0.3 is 0 Å². The van der Waals surface area contributed by atoms with Crippen molar-refractivity contribution in [2.45, 2.75) is 13.3 Å². The number of aromatic nitrogens is 1. The highest BCUT2D eigenvalue weighted by Crippen LogP contribution is 2.13. The molecule has 0 fully saturated rings. The first-order valence-corrected chi connectivity index (χ1v) is 4.39. The molecule has 1 heterocycles. The Bertz CT molecular complexity index is 500. The molecule has 6 heteroatoms. The number of nitro groups is 1. The van der Waals surface area contributed by atoms with Gasteiger partial charge in [-0.15, -0.1) is 0 Å². The van der Waals surface area contributed by atoms with Crippen LogP contribution in [0.5, 0.6) is 0 Å². The van der Waals surface area contributed by atoms with Gasteiger partial charge in [0.05, 0.1) is 11.3 Å². The van der Waals surface area contributed by atoms with E-state index < -0.39 is 10.8 Å². The van der Waals surface area contributed by atoms with Gasteiger partial charge in [-0.25, -0.2) is 4.98 Å². The molecule has 1 rings (SSSR count). The Morgan fingerprint density at radius 1 is 1.69 bits per heavy atom. The van der Waals surface area contributed by atoms with Gasteiger partial charge in [0, 0.05) is 6.07 Å². The highest BCUT2D eigenvalue weighted by molar-refractivity contribution is 5.76. The Balaban J connectivity index is 2.94. The monoisotopic (exact) mass is 219 g/mol. The third-order valence-corrected chi connectivity index (χ3v) is 1.74. The van der Waals surface area contributed by atoms with Gasteiger partial charge in [0.25, 0.3) is 5.69 Å². The molecule has 0 bridgehead atoms. The maximum absolute atomic E-state index is 10.4. The summed E-state index contributed by atoms with van der Waals surface area (Å²) in [4.78, 5) is 24.2. The average Bonchev–Trinajstić information content (AvgIpc) is 2.19. The molecule has 0 unspecified atom stereocenters. The fraction of sp³-hybridized carbons (Fsp3) is 0.200. The summed E-state index contributed by atoms with van der Waals surface area (Å²) in [5, 5.41) is 10.4. The summed E-state index contributed by atoms with van der Waals surface area (Å²) < 4.78 is 0. The SMILES string of the molecule is Cc1cc([N+](=O)[O-])cnc1C#CCC(N)=O. The molecular formula is C10H9N3O3. The fourth-order valence-electron chi connectivity index (χ4n) is 1.01. The lowest BCUT2D eigenvalue weighted by molar-refractivity contribution is -0.385. The molecule has 1 aromatic heterocycles. The van der Waals surface area contributed by atoms with Crippen molar-refractivity contribution in [3.05, 3.63) is 33.6 Å². The molecule has 2 N–H and O–H groups in total. The predicted molar refractivity (Wildman–Crippen MR) is 56.3 cm³/mol. The van der Waals surface area contributed by atoms with Crippen LogP contribution in [-0.2, 0) is 4.79 Å². The molecule has 82 valence electrons. The molecule has 0 aromatic carbocycles. The second kappa shape index (κ2) is 4.89. The molecule has 0 aliphatic carbocycles. The van der Waals surface area contributed by atoms with Crippen molar-refractivity contribution in [2.24, 2.45) is 5.73 Å². The van der Waals surface area contributed by atoms with Crippen LogP contribution in [0.15, 0.2) is 12.3 Å². The number of aryl methyl sites for hydroxylation is 1. The largest absolute Gasteiger partial charge is 0.369 e. The first-order valence-electron chi connectivity index (χ1n) is 4.39. The van der Waals surface area contributed by atoms with E-state index in [0.29, 0.717) is 11.3 Å². The third kappa shape index (κ3) is 3.06. The predicted octanol–water partition coefficient (Wildman–Crippen LogP) is 0.525. The number of carbonyl (C=O) groups excluding carboxylic acids is 1. The lowest BCUT2D eigenvalue weighted by atomic mass is 10.2. The molecule has 0 aliphatic rings. The van der Waals surface area contributed by atoms with Crippen LogP contribution in [-0.4, -0.2) is 15.8 Å². The Labute approximate surface area is 91.6 Å². The van der Waals surface area contributed by atoms with Crippen molar-refractivity contribution in [1.82, 2.24) is 4.98 Å². The van der Waals surface area contributed by atoms with Crippen molar-refractivity contribution >= 4 is 11.6 Å². The molecule has 0 spiro atoms. The number of amides is 1. The number of nitrogens with two attached hydrogens (primary N) is 1. The summed E-state index contributed by atoms with van der Waals surface area (Å²) in [6.07, 6.45) is 1.07. The second-order valence-corrected chi connectivity index (χ2v) is 3.06. The van der Waals surface area contributed by atoms with Crippen LogP contribution in [0.4, 0.5) is 5.69 Å². The average molecular weight is 219 g/mol. The van der Waals surface area contributed by atoms with Crippen LogP contribution in [0.1, 0.15) is 17.7 Å². The highest BCUT2D eigenvalue weighted by atomic mass is 16.6. The van der Waals surface area contributed by atoms with Gasteiger partial charge in [0.1, 0.15) is 11.9 Å². The fourth-order valence-corrected chi connectivity index (χ4v) is 1.01. The number of pyridine rings is 1. The minimum Gasteiger partial charge on any atom is -0.369 e. The lowest BCUT2D eigenvalue weighted by Crippen LogP contribution is -2.08. The third-order valence-electron chi connectivity index (χ3n) is 1.74. The van der Waals surface area contributed by atoms with Gasteiger partial charge in [-0.3, -0.25) is 14.9 Å². The number of rotatable bonds is 2. The molecule has 0 aliphatic heterocycles. The second-order valence-electron chi connectivity index (χ2n) is 3.06. The molecule has 16 heavy (non-hydrogen) atoms. The molecule has 6 nitrogen and oxygen atoms in total. The van der Waals surface area contributed by atoms with Gasteiger partial charge in [-0.2, -0.15) is 0 Å². The highest BCUT2D eigenvalue weighted by Gasteiger charge is 2.07. The summed E-state index contributed by atoms with van der Waals surface area (Å²) in [6, 6.07) is 1.38. The van der Waals surface area contributed by atoms with Crippen LogP contribution < -0.4 is 5.73 Å². The standard InChI is InChI=1S/C10H9N3O3/c1-7-5-8(13(15)16)6-12-9(7)3-2-4-10(11)14/h5-6H,4H2,1H3,(H2,11,14). The number of hydrogen-bond donors (Lipinski definition) is 1. The molecule has 0 saturated carbocycles. The Morgan fingerprint density at radius 3 is 2.88 bits per heavy atom. The quantitative estimate of drug-likeness (QED) is 0.445. The van der Waals surface area contributed by atoms with Gasteiger partial charge in [-0.05, 0) is 18.4 Å². The van der Waals surface area contributed by atoms with Gasteiger partial charge in [-0.1, -0.05) is 5.92 Å². The van der Waals surface area contributed by atoms with E-state index in [1.54, 1.807) is 6.92 Å². The summed E-state index contributed by atoms with van der Waals surface area (Å²) >= 11 is 0. The number of hydrogen-bond acceptors (Lipinski definition) is 4. The zero-order valence-corrected chi connectivity index (χ0v) is 8.56. The molecular weight excluding hydrogens is 210 g/mol. The smallest absolute Gasteiger partial charge is 0.287 e. The van der Waals surface area contributed by atoms with Crippen molar-refractivity contribution < 1.29 is 9.72 Å². The zero-order valence-electron chi connectivity index (χ0n) is 8.56. The summed E-state index contributed by atoms with van der Waals surface area (Å²) in [5.74, 6) is 4.64. The zero-order chi connectivity index (χ0) is 12.1. The van der Waals surface area contributed by atoms with E-state index in [-0.39, 0.29) is 12.1 Å². The van der Waals surface area contributed by atoms with Crippen molar-refractivity contribution in [2.75, 3.05) is 0 Å². The topological polar surface area (TPSA) is 99.1 Å². The van der Waals surface area contributed by atoms with E-state index in [0.717, 1.165) is 6.20 Å². The molecule has 0 atom stereocenters. The Hall–Kier alpha value is -2.42. The van der Waals surface area contributed by atoms with Crippen LogP contribution in [0.25, 0.3) is 0 Å². The van der Waals surface area contributed by atoms with Crippen LogP contribution in [0.3, 0.4) is 0 Å². The maximum atomic E-state index is 10.4. The Morgan fingerprint density at radius 2 is 2.38 bits per heavy atom. The summed E-state index contributed by atoms with van der Waals surface area (Å²) in [7, 11) is 0. The first kappa shape index (κ1) is 11.7. The molecule has 0 saturated heterocycles. The van der Waals surface area contributed by atoms with E-state index in [2.05, 4.69) is 16.8 Å².